The van der Waals surface area contributed by atoms with Crippen LogP contribution in [0.3, 0.4) is 0 Å². The zero-order valence-corrected chi connectivity index (χ0v) is 10.5. The van der Waals surface area contributed by atoms with Gasteiger partial charge in [-0.2, -0.15) is 13.2 Å². The summed E-state index contributed by atoms with van der Waals surface area (Å²) >= 11 is 0. The highest BCUT2D eigenvalue weighted by Gasteiger charge is 2.27. The summed E-state index contributed by atoms with van der Waals surface area (Å²) in [6.07, 6.45) is -5.77. The third-order valence-electron chi connectivity index (χ3n) is 2.81. The molecule has 1 atom stereocenters. The van der Waals surface area contributed by atoms with Gasteiger partial charge >= 0.3 is 6.18 Å². The molecule has 0 saturated carbocycles. The van der Waals surface area contributed by atoms with Crippen molar-refractivity contribution in [1.29, 1.82) is 0 Å². The third kappa shape index (κ3) is 5.06. The second-order valence-electron chi connectivity index (χ2n) is 4.50. The number of likely N-dealkylation sites (N-methyl/N-ethyl adjacent to an activating group) is 1. The lowest BCUT2D eigenvalue weighted by Crippen LogP contribution is -2.28. The smallest absolute Gasteiger partial charge is 0.387 e. The molecule has 0 aliphatic rings. The molecule has 0 heterocycles. The summed E-state index contributed by atoms with van der Waals surface area (Å²) < 4.78 is 36.2. The van der Waals surface area contributed by atoms with Crippen LogP contribution >= 0.6 is 0 Å². The second kappa shape index (κ2) is 6.20. The van der Waals surface area contributed by atoms with Crippen LogP contribution in [0.15, 0.2) is 24.3 Å². The molecule has 0 fully saturated rings. The number of halogens is 3. The fraction of sp³-hybridized carbons (Fsp3) is 0.538. The van der Waals surface area contributed by atoms with Gasteiger partial charge in [-0.15, -0.1) is 0 Å². The SMILES string of the molecule is Cc1ccccc1C(O)CN(C)CCC(F)(F)F. The molecular weight excluding hydrogens is 243 g/mol. The van der Waals surface area contributed by atoms with Gasteiger partial charge in [0.05, 0.1) is 12.5 Å². The number of aliphatic hydroxyl groups is 1. The van der Waals surface area contributed by atoms with Gasteiger partial charge in [-0.05, 0) is 25.1 Å². The Balaban J connectivity index is 2.50. The first-order valence-corrected chi connectivity index (χ1v) is 5.78. The van der Waals surface area contributed by atoms with E-state index in [4.69, 9.17) is 0 Å². The van der Waals surface area contributed by atoms with Gasteiger partial charge in [-0.25, -0.2) is 0 Å². The lowest BCUT2D eigenvalue weighted by Gasteiger charge is -2.22. The molecule has 0 aliphatic carbocycles. The molecule has 1 unspecified atom stereocenters. The first kappa shape index (κ1) is 15.0. The van der Waals surface area contributed by atoms with Crippen molar-refractivity contribution in [3.8, 4) is 0 Å². The number of hydrogen-bond donors (Lipinski definition) is 1. The van der Waals surface area contributed by atoms with Crippen molar-refractivity contribution in [3.05, 3.63) is 35.4 Å². The Kier molecular flexibility index (Phi) is 5.16. The summed E-state index contributed by atoms with van der Waals surface area (Å²) in [4.78, 5) is 1.49. The highest BCUT2D eigenvalue weighted by atomic mass is 19.4. The maximum absolute atomic E-state index is 12.1. The number of hydrogen-bond acceptors (Lipinski definition) is 2. The summed E-state index contributed by atoms with van der Waals surface area (Å²) in [5.41, 5.74) is 1.70. The van der Waals surface area contributed by atoms with Crippen molar-refractivity contribution in [2.75, 3.05) is 20.1 Å². The molecule has 2 nitrogen and oxygen atoms in total. The minimum atomic E-state index is -4.15. The van der Waals surface area contributed by atoms with Gasteiger partial charge in [-0.3, -0.25) is 0 Å². The Morgan fingerprint density at radius 3 is 2.44 bits per heavy atom. The van der Waals surface area contributed by atoms with Gasteiger partial charge in [0.25, 0.3) is 0 Å². The largest absolute Gasteiger partial charge is 0.390 e. The summed E-state index contributed by atoms with van der Waals surface area (Å²) in [6, 6.07) is 7.33. The molecule has 1 rings (SSSR count). The molecule has 0 aromatic heterocycles. The number of aliphatic hydroxyl groups excluding tert-OH is 1. The van der Waals surface area contributed by atoms with Crippen molar-refractivity contribution in [3.63, 3.8) is 0 Å². The summed E-state index contributed by atoms with van der Waals surface area (Å²) in [6.45, 7) is 1.96. The quantitative estimate of drug-likeness (QED) is 0.881. The van der Waals surface area contributed by atoms with E-state index in [1.807, 2.05) is 19.1 Å². The monoisotopic (exact) mass is 261 g/mol. The van der Waals surface area contributed by atoms with Crippen molar-refractivity contribution in [1.82, 2.24) is 4.90 Å². The Hall–Kier alpha value is -1.07. The normalized spacial score (nSPS) is 13.9. The van der Waals surface area contributed by atoms with Gasteiger partial charge in [0.15, 0.2) is 0 Å². The van der Waals surface area contributed by atoms with E-state index in [9.17, 15) is 18.3 Å². The topological polar surface area (TPSA) is 23.5 Å². The van der Waals surface area contributed by atoms with E-state index in [0.717, 1.165) is 11.1 Å². The molecule has 1 aromatic rings. The molecule has 0 amide bonds. The van der Waals surface area contributed by atoms with Crippen LogP contribution in [-0.2, 0) is 0 Å². The van der Waals surface area contributed by atoms with Crippen LogP contribution in [0.25, 0.3) is 0 Å². The van der Waals surface area contributed by atoms with Crippen LogP contribution in [0, 0.1) is 6.92 Å². The molecule has 102 valence electrons. The average Bonchev–Trinajstić information content (AvgIpc) is 2.26. The molecule has 1 aromatic carbocycles. The fourth-order valence-corrected chi connectivity index (χ4v) is 1.76. The Labute approximate surface area is 105 Å². The lowest BCUT2D eigenvalue weighted by molar-refractivity contribution is -0.137. The van der Waals surface area contributed by atoms with E-state index in [-0.39, 0.29) is 13.1 Å². The predicted molar refractivity (Wildman–Crippen MR) is 64.3 cm³/mol. The van der Waals surface area contributed by atoms with E-state index < -0.39 is 18.7 Å². The van der Waals surface area contributed by atoms with Crippen molar-refractivity contribution in [2.45, 2.75) is 25.6 Å². The molecule has 5 heteroatoms. The lowest BCUT2D eigenvalue weighted by atomic mass is 10.0. The van der Waals surface area contributed by atoms with Crippen LogP contribution < -0.4 is 0 Å². The summed E-state index contributed by atoms with van der Waals surface area (Å²) in [5.74, 6) is 0. The minimum Gasteiger partial charge on any atom is -0.387 e. The van der Waals surface area contributed by atoms with E-state index in [1.165, 1.54) is 4.90 Å². The van der Waals surface area contributed by atoms with E-state index >= 15 is 0 Å². The van der Waals surface area contributed by atoms with Crippen molar-refractivity contribution in [2.24, 2.45) is 0 Å². The molecule has 0 radical (unpaired) electrons. The third-order valence-corrected chi connectivity index (χ3v) is 2.81. The number of alkyl halides is 3. The number of rotatable bonds is 5. The Bertz CT molecular complexity index is 379. The minimum absolute atomic E-state index is 0.105. The van der Waals surface area contributed by atoms with Gasteiger partial charge in [0.1, 0.15) is 0 Å². The standard InChI is InChI=1S/C13H18F3NO/c1-10-5-3-4-6-11(10)12(18)9-17(2)8-7-13(14,15)16/h3-6,12,18H,7-9H2,1-2H3. The van der Waals surface area contributed by atoms with Crippen LogP contribution in [0.4, 0.5) is 13.2 Å². The molecule has 18 heavy (non-hydrogen) atoms. The zero-order valence-electron chi connectivity index (χ0n) is 10.5. The van der Waals surface area contributed by atoms with Gasteiger partial charge in [0.2, 0.25) is 0 Å². The molecule has 0 saturated heterocycles. The van der Waals surface area contributed by atoms with Crippen LogP contribution in [0.2, 0.25) is 0 Å². The number of nitrogens with zero attached hydrogens (tertiary/aromatic N) is 1. The van der Waals surface area contributed by atoms with E-state index in [0.29, 0.717) is 0 Å². The first-order chi connectivity index (χ1) is 8.29. The Morgan fingerprint density at radius 1 is 1.28 bits per heavy atom. The average molecular weight is 261 g/mol. The summed E-state index contributed by atoms with van der Waals surface area (Å²) in [7, 11) is 1.58. The maximum Gasteiger partial charge on any atom is 0.390 e. The van der Waals surface area contributed by atoms with Gasteiger partial charge in [0, 0.05) is 13.1 Å². The van der Waals surface area contributed by atoms with Crippen molar-refractivity contribution >= 4 is 0 Å². The van der Waals surface area contributed by atoms with Crippen LogP contribution in [-0.4, -0.2) is 36.3 Å². The maximum atomic E-state index is 12.1. The van der Waals surface area contributed by atoms with Gasteiger partial charge < -0.3 is 10.0 Å². The number of benzene rings is 1. The first-order valence-electron chi connectivity index (χ1n) is 5.78. The highest BCUT2D eigenvalue weighted by Crippen LogP contribution is 2.21. The zero-order chi connectivity index (χ0) is 13.8. The molecule has 0 spiro atoms. The second-order valence-corrected chi connectivity index (χ2v) is 4.50. The molecule has 0 bridgehead atoms. The summed E-state index contributed by atoms with van der Waals surface area (Å²) in [5, 5.41) is 9.98. The van der Waals surface area contributed by atoms with Gasteiger partial charge in [-0.1, -0.05) is 24.3 Å². The van der Waals surface area contributed by atoms with E-state index in [1.54, 1.807) is 19.2 Å². The van der Waals surface area contributed by atoms with Crippen LogP contribution in [0.5, 0.6) is 0 Å². The fourth-order valence-electron chi connectivity index (χ4n) is 1.76. The van der Waals surface area contributed by atoms with Crippen LogP contribution in [0.1, 0.15) is 23.7 Å². The van der Waals surface area contributed by atoms with Crippen molar-refractivity contribution < 1.29 is 18.3 Å². The number of aryl methyl sites for hydroxylation is 1. The Morgan fingerprint density at radius 2 is 1.89 bits per heavy atom. The molecule has 1 N–H and O–H groups in total. The molecule has 0 aliphatic heterocycles. The highest BCUT2D eigenvalue weighted by molar-refractivity contribution is 5.27. The van der Waals surface area contributed by atoms with E-state index in [2.05, 4.69) is 0 Å². The molecular formula is C13H18F3NO. The predicted octanol–water partition coefficient (Wildman–Crippen LogP) is 2.91.